The number of carbonyl (C=O) groups is 1. The lowest BCUT2D eigenvalue weighted by Gasteiger charge is -2.34. The summed E-state index contributed by atoms with van der Waals surface area (Å²) < 4.78 is 6.60. The van der Waals surface area contributed by atoms with Crippen molar-refractivity contribution in [2.24, 2.45) is 0 Å². The lowest BCUT2D eigenvalue weighted by molar-refractivity contribution is 0.0617. The van der Waals surface area contributed by atoms with Crippen molar-refractivity contribution >= 4 is 5.91 Å². The van der Waals surface area contributed by atoms with Crippen LogP contribution in [-0.4, -0.2) is 58.8 Å². The largest absolute Gasteiger partial charge is 0.494 e. The molecule has 1 aliphatic heterocycles. The maximum atomic E-state index is 13.3. The van der Waals surface area contributed by atoms with Crippen LogP contribution in [-0.2, 0) is 6.54 Å². The van der Waals surface area contributed by atoms with E-state index in [1.807, 2.05) is 49.4 Å². The molecule has 7 heteroatoms. The predicted molar refractivity (Wildman–Crippen MR) is 119 cm³/mol. The lowest BCUT2D eigenvalue weighted by atomic mass is 10.2. The molecule has 160 valence electrons. The van der Waals surface area contributed by atoms with Crippen molar-refractivity contribution in [1.82, 2.24) is 19.6 Å². The fraction of sp³-hybridized carbons (Fsp3) is 0.292. The molecule has 1 saturated heterocycles. The van der Waals surface area contributed by atoms with Crippen LogP contribution in [0.1, 0.15) is 21.6 Å². The Bertz CT molecular complexity index is 1120. The summed E-state index contributed by atoms with van der Waals surface area (Å²) in [7, 11) is 1.45. The summed E-state index contributed by atoms with van der Waals surface area (Å²) in [6, 6.07) is 19.1. The maximum Gasteiger partial charge on any atom is 0.278 e. The lowest BCUT2D eigenvalue weighted by Crippen LogP contribution is -2.48. The Balaban J connectivity index is 1.54. The SMILES string of the molecule is COc1cc(=O)n(-c2ccccc2C)nc1C(=O)N1CCN(Cc2ccccc2)CC1. The van der Waals surface area contributed by atoms with Gasteiger partial charge >= 0.3 is 0 Å². The summed E-state index contributed by atoms with van der Waals surface area (Å²) in [5.41, 5.74) is 2.63. The van der Waals surface area contributed by atoms with Crippen LogP contribution >= 0.6 is 0 Å². The summed E-state index contributed by atoms with van der Waals surface area (Å²) in [4.78, 5) is 30.0. The van der Waals surface area contributed by atoms with Crippen LogP contribution in [0, 0.1) is 6.92 Å². The molecule has 31 heavy (non-hydrogen) atoms. The van der Waals surface area contributed by atoms with Gasteiger partial charge in [0.2, 0.25) is 0 Å². The zero-order valence-corrected chi connectivity index (χ0v) is 17.8. The van der Waals surface area contributed by atoms with Gasteiger partial charge in [-0.1, -0.05) is 48.5 Å². The number of hydrogen-bond donors (Lipinski definition) is 0. The zero-order valence-electron chi connectivity index (χ0n) is 17.8. The van der Waals surface area contributed by atoms with Crippen molar-refractivity contribution in [2.75, 3.05) is 33.3 Å². The summed E-state index contributed by atoms with van der Waals surface area (Å²) in [5, 5.41) is 4.41. The number of hydrogen-bond acceptors (Lipinski definition) is 5. The Labute approximate surface area is 181 Å². The second-order valence-corrected chi connectivity index (χ2v) is 7.65. The van der Waals surface area contributed by atoms with Crippen molar-refractivity contribution in [1.29, 1.82) is 0 Å². The summed E-state index contributed by atoms with van der Waals surface area (Å²) in [5.74, 6) is -0.0231. The third-order valence-corrected chi connectivity index (χ3v) is 5.57. The number of rotatable bonds is 5. The van der Waals surface area contributed by atoms with Crippen molar-refractivity contribution in [3.05, 3.63) is 87.8 Å². The van der Waals surface area contributed by atoms with Crippen LogP contribution in [0.15, 0.2) is 65.5 Å². The normalized spacial score (nSPS) is 14.5. The first kappa shape index (κ1) is 20.8. The minimum Gasteiger partial charge on any atom is -0.494 e. The maximum absolute atomic E-state index is 13.3. The zero-order chi connectivity index (χ0) is 21.8. The van der Waals surface area contributed by atoms with E-state index in [0.717, 1.165) is 25.2 Å². The number of amides is 1. The van der Waals surface area contributed by atoms with Gasteiger partial charge in [-0.2, -0.15) is 9.78 Å². The summed E-state index contributed by atoms with van der Waals surface area (Å²) in [6.07, 6.45) is 0. The van der Waals surface area contributed by atoms with Gasteiger partial charge in [0, 0.05) is 32.7 Å². The van der Waals surface area contributed by atoms with Crippen molar-refractivity contribution in [3.63, 3.8) is 0 Å². The second kappa shape index (κ2) is 9.14. The number of aromatic nitrogens is 2. The molecular formula is C24H26N4O3. The fourth-order valence-corrected chi connectivity index (χ4v) is 3.82. The van der Waals surface area contributed by atoms with E-state index >= 15 is 0 Å². The smallest absolute Gasteiger partial charge is 0.278 e. The molecule has 0 spiro atoms. The quantitative estimate of drug-likeness (QED) is 0.637. The molecule has 1 aliphatic rings. The van der Waals surface area contributed by atoms with E-state index in [0.29, 0.717) is 18.8 Å². The highest BCUT2D eigenvalue weighted by molar-refractivity contribution is 5.94. The first-order chi connectivity index (χ1) is 15.1. The third-order valence-electron chi connectivity index (χ3n) is 5.57. The molecule has 0 radical (unpaired) electrons. The fourth-order valence-electron chi connectivity index (χ4n) is 3.82. The topological polar surface area (TPSA) is 67.7 Å². The standard InChI is InChI=1S/C24H26N4O3/c1-18-8-6-7-11-20(18)28-22(29)16-21(31-2)23(25-28)24(30)27-14-12-26(13-15-27)17-19-9-4-3-5-10-19/h3-11,16H,12-15,17H2,1-2H3. The number of methoxy groups -OCH3 is 1. The van der Waals surface area contributed by atoms with Gasteiger partial charge < -0.3 is 9.64 Å². The molecule has 2 heterocycles. The molecule has 3 aromatic rings. The molecule has 4 rings (SSSR count). The van der Waals surface area contributed by atoms with Gasteiger partial charge in [-0.05, 0) is 24.1 Å². The van der Waals surface area contributed by atoms with Crippen LogP contribution in [0.2, 0.25) is 0 Å². The molecule has 0 bridgehead atoms. The summed E-state index contributed by atoms with van der Waals surface area (Å²) >= 11 is 0. The minimum atomic E-state index is -0.338. The highest BCUT2D eigenvalue weighted by Crippen LogP contribution is 2.19. The number of aryl methyl sites for hydroxylation is 1. The molecular weight excluding hydrogens is 392 g/mol. The minimum absolute atomic E-state index is 0.155. The first-order valence-electron chi connectivity index (χ1n) is 10.4. The number of carbonyl (C=O) groups excluding carboxylic acids is 1. The van der Waals surface area contributed by atoms with Crippen LogP contribution < -0.4 is 10.3 Å². The number of ether oxygens (including phenoxy) is 1. The van der Waals surface area contributed by atoms with Gasteiger partial charge in [0.25, 0.3) is 11.5 Å². The molecule has 0 aliphatic carbocycles. The van der Waals surface area contributed by atoms with Gasteiger partial charge in [-0.25, -0.2) is 0 Å². The number of nitrogens with zero attached hydrogens (tertiary/aromatic N) is 4. The average Bonchev–Trinajstić information content (AvgIpc) is 2.80. The average molecular weight is 418 g/mol. The van der Waals surface area contributed by atoms with Gasteiger partial charge in [-0.15, -0.1) is 0 Å². The molecule has 0 N–H and O–H groups in total. The number of benzene rings is 2. The van der Waals surface area contributed by atoms with E-state index in [4.69, 9.17) is 4.74 Å². The third kappa shape index (κ3) is 4.51. The van der Waals surface area contributed by atoms with E-state index < -0.39 is 0 Å². The molecule has 0 atom stereocenters. The molecule has 0 unspecified atom stereocenters. The van der Waals surface area contributed by atoms with E-state index in [1.54, 1.807) is 4.90 Å². The molecule has 1 fully saturated rings. The Morgan fingerprint density at radius 2 is 1.68 bits per heavy atom. The Morgan fingerprint density at radius 3 is 2.35 bits per heavy atom. The second-order valence-electron chi connectivity index (χ2n) is 7.65. The molecule has 0 saturated carbocycles. The van der Waals surface area contributed by atoms with Crippen molar-refractivity contribution in [2.45, 2.75) is 13.5 Å². The van der Waals surface area contributed by atoms with Gasteiger partial charge in [0.05, 0.1) is 18.9 Å². The van der Waals surface area contributed by atoms with E-state index in [1.165, 1.54) is 23.4 Å². The Hall–Kier alpha value is -3.45. The first-order valence-corrected chi connectivity index (χ1v) is 10.4. The van der Waals surface area contributed by atoms with Crippen molar-refractivity contribution < 1.29 is 9.53 Å². The predicted octanol–water partition coefficient (Wildman–Crippen LogP) is 2.51. The van der Waals surface area contributed by atoms with Crippen LogP contribution in [0.25, 0.3) is 5.69 Å². The van der Waals surface area contributed by atoms with E-state index in [-0.39, 0.29) is 22.9 Å². The van der Waals surface area contributed by atoms with Gasteiger partial charge in [0.15, 0.2) is 11.4 Å². The molecule has 7 nitrogen and oxygen atoms in total. The monoisotopic (exact) mass is 418 g/mol. The molecule has 1 amide bonds. The van der Waals surface area contributed by atoms with E-state index in [2.05, 4.69) is 22.1 Å². The van der Waals surface area contributed by atoms with Crippen LogP contribution in [0.4, 0.5) is 0 Å². The number of para-hydroxylation sites is 1. The van der Waals surface area contributed by atoms with Crippen molar-refractivity contribution in [3.8, 4) is 11.4 Å². The molecule has 1 aromatic heterocycles. The highest BCUT2D eigenvalue weighted by atomic mass is 16.5. The summed E-state index contributed by atoms with van der Waals surface area (Å²) in [6.45, 7) is 5.52. The van der Waals surface area contributed by atoms with E-state index in [9.17, 15) is 9.59 Å². The van der Waals surface area contributed by atoms with Crippen LogP contribution in [0.3, 0.4) is 0 Å². The van der Waals surface area contributed by atoms with Gasteiger partial charge in [-0.3, -0.25) is 14.5 Å². The van der Waals surface area contributed by atoms with Crippen LogP contribution in [0.5, 0.6) is 5.75 Å². The highest BCUT2D eigenvalue weighted by Gasteiger charge is 2.27. The number of piperazine rings is 1. The molecule has 2 aromatic carbocycles. The van der Waals surface area contributed by atoms with Gasteiger partial charge in [0.1, 0.15) is 0 Å². The Morgan fingerprint density at radius 1 is 1.00 bits per heavy atom. The Kier molecular flexibility index (Phi) is 6.13.